The molecule has 98 valence electrons. The number of nitriles is 1. The van der Waals surface area contributed by atoms with Gasteiger partial charge >= 0.3 is 0 Å². The van der Waals surface area contributed by atoms with Crippen LogP contribution in [0, 0.1) is 18.3 Å². The Balaban J connectivity index is 1.99. The van der Waals surface area contributed by atoms with Crippen LogP contribution in [0.2, 0.25) is 0 Å². The maximum Gasteiger partial charge on any atom is 0.124 e. The Bertz CT molecular complexity index is 766. The highest BCUT2D eigenvalue weighted by Gasteiger charge is 2.13. The molecule has 0 bridgehead atoms. The summed E-state index contributed by atoms with van der Waals surface area (Å²) in [6, 6.07) is 12.3. The van der Waals surface area contributed by atoms with Crippen LogP contribution >= 0.6 is 22.7 Å². The van der Waals surface area contributed by atoms with Gasteiger partial charge in [-0.2, -0.15) is 5.26 Å². The summed E-state index contributed by atoms with van der Waals surface area (Å²) in [7, 11) is 0. The molecular formula is C15H11N3S2. The zero-order valence-electron chi connectivity index (χ0n) is 10.8. The summed E-state index contributed by atoms with van der Waals surface area (Å²) in [6.07, 6.45) is 0.369. The number of aryl methyl sites for hydroxylation is 1. The second-order valence-electron chi connectivity index (χ2n) is 4.26. The number of hydrogen-bond acceptors (Lipinski definition) is 5. The first-order valence-electron chi connectivity index (χ1n) is 6.12. The monoisotopic (exact) mass is 297 g/mol. The fourth-order valence-electron chi connectivity index (χ4n) is 1.90. The lowest BCUT2D eigenvalue weighted by Crippen LogP contribution is -1.81. The second-order valence-corrected chi connectivity index (χ2v) is 6.20. The molecule has 2 heterocycles. The van der Waals surface area contributed by atoms with Crippen molar-refractivity contribution in [2.75, 3.05) is 0 Å². The van der Waals surface area contributed by atoms with E-state index in [1.807, 2.05) is 30.5 Å². The summed E-state index contributed by atoms with van der Waals surface area (Å²) in [6.45, 7) is 2.00. The minimum Gasteiger partial charge on any atom is -0.241 e. The van der Waals surface area contributed by atoms with Crippen LogP contribution in [0.1, 0.15) is 10.7 Å². The van der Waals surface area contributed by atoms with Gasteiger partial charge in [0.2, 0.25) is 0 Å². The lowest BCUT2D eigenvalue weighted by atomic mass is 10.2. The molecule has 20 heavy (non-hydrogen) atoms. The molecule has 0 radical (unpaired) electrons. The molecule has 0 unspecified atom stereocenters. The fraction of sp³-hybridized carbons (Fsp3) is 0.133. The number of hydrogen-bond donors (Lipinski definition) is 0. The van der Waals surface area contributed by atoms with E-state index in [0.29, 0.717) is 6.42 Å². The van der Waals surface area contributed by atoms with Crippen molar-refractivity contribution in [2.24, 2.45) is 0 Å². The summed E-state index contributed by atoms with van der Waals surface area (Å²) in [5.41, 5.74) is 3.04. The van der Waals surface area contributed by atoms with Crippen molar-refractivity contribution in [2.45, 2.75) is 13.3 Å². The van der Waals surface area contributed by atoms with Crippen molar-refractivity contribution < 1.29 is 0 Å². The highest BCUT2D eigenvalue weighted by molar-refractivity contribution is 7.19. The average Bonchev–Trinajstić information content (AvgIpc) is 3.07. The minimum absolute atomic E-state index is 0.369. The van der Waals surface area contributed by atoms with Gasteiger partial charge < -0.3 is 0 Å². The van der Waals surface area contributed by atoms with E-state index >= 15 is 0 Å². The van der Waals surface area contributed by atoms with E-state index in [1.165, 1.54) is 11.3 Å². The van der Waals surface area contributed by atoms with Crippen LogP contribution in [0.3, 0.4) is 0 Å². The summed E-state index contributed by atoms with van der Waals surface area (Å²) in [5.74, 6) is 0. The molecule has 0 aliphatic rings. The van der Waals surface area contributed by atoms with Crippen LogP contribution in [0.5, 0.6) is 0 Å². The van der Waals surface area contributed by atoms with E-state index in [4.69, 9.17) is 5.26 Å². The number of benzene rings is 1. The van der Waals surface area contributed by atoms with Gasteiger partial charge in [0.1, 0.15) is 10.0 Å². The Morgan fingerprint density at radius 1 is 1.20 bits per heavy atom. The molecule has 1 aromatic carbocycles. The molecule has 0 fully saturated rings. The largest absolute Gasteiger partial charge is 0.241 e. The molecule has 2 aromatic heterocycles. The lowest BCUT2D eigenvalue weighted by molar-refractivity contribution is 1.19. The zero-order chi connectivity index (χ0) is 13.9. The molecule has 0 spiro atoms. The van der Waals surface area contributed by atoms with E-state index in [-0.39, 0.29) is 0 Å². The molecular weight excluding hydrogens is 286 g/mol. The molecule has 3 aromatic rings. The number of aromatic nitrogens is 2. The van der Waals surface area contributed by atoms with E-state index in [1.54, 1.807) is 11.3 Å². The predicted octanol–water partition coefficient (Wildman–Crippen LogP) is 4.31. The van der Waals surface area contributed by atoms with Gasteiger partial charge in [-0.1, -0.05) is 30.3 Å². The molecule has 0 aliphatic heterocycles. The normalized spacial score (nSPS) is 10.4. The van der Waals surface area contributed by atoms with Gasteiger partial charge in [0.15, 0.2) is 0 Å². The molecule has 0 saturated heterocycles. The van der Waals surface area contributed by atoms with Gasteiger partial charge in [-0.3, -0.25) is 0 Å². The van der Waals surface area contributed by atoms with E-state index in [2.05, 4.69) is 28.2 Å². The Kier molecular flexibility index (Phi) is 3.59. The van der Waals surface area contributed by atoms with Crippen molar-refractivity contribution in [3.05, 3.63) is 46.4 Å². The summed E-state index contributed by atoms with van der Waals surface area (Å²) in [4.78, 5) is 10.2. The average molecular weight is 297 g/mol. The molecule has 3 rings (SSSR count). The molecule has 0 amide bonds. The van der Waals surface area contributed by atoms with Gasteiger partial charge in [0, 0.05) is 10.9 Å². The lowest BCUT2D eigenvalue weighted by Gasteiger charge is -1.92. The molecule has 0 atom stereocenters. The van der Waals surface area contributed by atoms with Crippen molar-refractivity contribution in [1.82, 2.24) is 9.97 Å². The van der Waals surface area contributed by atoms with Crippen LogP contribution in [0.25, 0.3) is 21.1 Å². The number of thiazole rings is 2. The Morgan fingerprint density at radius 2 is 2.00 bits per heavy atom. The molecule has 5 heteroatoms. The summed E-state index contributed by atoms with van der Waals surface area (Å²) >= 11 is 3.18. The van der Waals surface area contributed by atoms with Crippen LogP contribution in [0.4, 0.5) is 0 Å². The van der Waals surface area contributed by atoms with Crippen molar-refractivity contribution in [3.8, 4) is 27.2 Å². The standard InChI is InChI=1S/C15H11N3S2/c1-10-14(12-9-19-13(18-12)7-8-16)20-15(17-10)11-5-3-2-4-6-11/h2-6,9H,7H2,1H3. The highest BCUT2D eigenvalue weighted by Crippen LogP contribution is 2.35. The third kappa shape index (κ3) is 2.48. The predicted molar refractivity (Wildman–Crippen MR) is 82.7 cm³/mol. The van der Waals surface area contributed by atoms with Gasteiger partial charge in [-0.15, -0.1) is 22.7 Å². The maximum absolute atomic E-state index is 8.71. The topological polar surface area (TPSA) is 49.6 Å². The first-order valence-corrected chi connectivity index (χ1v) is 7.82. The van der Waals surface area contributed by atoms with Gasteiger partial charge in [-0.05, 0) is 6.92 Å². The van der Waals surface area contributed by atoms with E-state index in [9.17, 15) is 0 Å². The fourth-order valence-corrected chi connectivity index (χ4v) is 3.73. The van der Waals surface area contributed by atoms with Crippen LogP contribution in [-0.2, 0) is 6.42 Å². The third-order valence-electron chi connectivity index (χ3n) is 2.83. The maximum atomic E-state index is 8.71. The van der Waals surface area contributed by atoms with Gasteiger partial charge in [0.25, 0.3) is 0 Å². The Labute approximate surface area is 125 Å². The zero-order valence-corrected chi connectivity index (χ0v) is 12.5. The Morgan fingerprint density at radius 3 is 2.75 bits per heavy atom. The van der Waals surface area contributed by atoms with Gasteiger partial charge in [-0.25, -0.2) is 9.97 Å². The quantitative estimate of drug-likeness (QED) is 0.724. The first-order chi connectivity index (χ1) is 9.78. The highest BCUT2D eigenvalue weighted by atomic mass is 32.1. The van der Waals surface area contributed by atoms with Crippen molar-refractivity contribution in [3.63, 3.8) is 0 Å². The molecule has 0 N–H and O–H groups in total. The molecule has 0 aliphatic carbocycles. The Hall–Kier alpha value is -2.03. The van der Waals surface area contributed by atoms with Crippen LogP contribution in [0.15, 0.2) is 35.7 Å². The summed E-state index contributed by atoms with van der Waals surface area (Å²) < 4.78 is 0. The van der Waals surface area contributed by atoms with E-state index < -0.39 is 0 Å². The third-order valence-corrected chi connectivity index (χ3v) is 4.91. The minimum atomic E-state index is 0.369. The van der Waals surface area contributed by atoms with E-state index in [0.717, 1.165) is 31.8 Å². The smallest absolute Gasteiger partial charge is 0.124 e. The molecule has 3 nitrogen and oxygen atoms in total. The molecule has 0 saturated carbocycles. The van der Waals surface area contributed by atoms with Crippen LogP contribution in [-0.4, -0.2) is 9.97 Å². The number of nitrogens with zero attached hydrogens (tertiary/aromatic N) is 3. The first kappa shape index (κ1) is 13.0. The van der Waals surface area contributed by atoms with Crippen molar-refractivity contribution >= 4 is 22.7 Å². The van der Waals surface area contributed by atoms with Gasteiger partial charge in [0.05, 0.1) is 28.8 Å². The summed E-state index contributed by atoms with van der Waals surface area (Å²) in [5, 5.41) is 12.6. The second kappa shape index (κ2) is 5.53. The van der Waals surface area contributed by atoms with Crippen LogP contribution < -0.4 is 0 Å². The van der Waals surface area contributed by atoms with Crippen molar-refractivity contribution in [1.29, 1.82) is 5.26 Å². The SMILES string of the molecule is Cc1nc(-c2ccccc2)sc1-c1csc(CC#N)n1. The number of rotatable bonds is 3.